The number of benzene rings is 4. The van der Waals surface area contributed by atoms with E-state index in [0.717, 1.165) is 18.3 Å². The Morgan fingerprint density at radius 2 is 0.927 bits per heavy atom. The molecule has 6 aromatic carbocycles. The summed E-state index contributed by atoms with van der Waals surface area (Å²) < 4.78 is 0. The molecule has 8 rings (SSSR count). The predicted molar refractivity (Wildman–Crippen MR) is 248 cm³/mol. The van der Waals surface area contributed by atoms with Crippen molar-refractivity contribution in [3.8, 4) is 22.3 Å². The van der Waals surface area contributed by atoms with E-state index in [2.05, 4.69) is 145 Å². The van der Waals surface area contributed by atoms with Crippen LogP contribution in [0.3, 0.4) is 0 Å². The van der Waals surface area contributed by atoms with Gasteiger partial charge in [0, 0.05) is 0 Å². The first-order chi connectivity index (χ1) is 25.9. The molecule has 2 saturated carbocycles. The molecule has 6 aromatic rings. The summed E-state index contributed by atoms with van der Waals surface area (Å²) in [5.74, 6) is 1.58. The maximum absolute atomic E-state index is 3.25. The Morgan fingerprint density at radius 3 is 1.33 bits per heavy atom. The Morgan fingerprint density at radius 1 is 0.545 bits per heavy atom. The first-order valence-electron chi connectivity index (χ1n) is 20.2. The van der Waals surface area contributed by atoms with E-state index < -0.39 is 0 Å². The van der Waals surface area contributed by atoms with Crippen LogP contribution in [0.25, 0.3) is 43.8 Å². The van der Waals surface area contributed by atoms with E-state index in [0.29, 0.717) is 0 Å². The zero-order chi connectivity index (χ0) is 38.3. The molecule has 0 saturated heterocycles. The van der Waals surface area contributed by atoms with Crippen LogP contribution in [-0.2, 0) is 29.8 Å². The molecule has 2 aliphatic rings. The van der Waals surface area contributed by atoms with Gasteiger partial charge in [-0.1, -0.05) is 135 Å². The van der Waals surface area contributed by atoms with Crippen LogP contribution in [0.4, 0.5) is 0 Å². The van der Waals surface area contributed by atoms with E-state index in [4.69, 9.17) is 0 Å². The minimum absolute atomic E-state index is 0. The maximum atomic E-state index is 3.25. The summed E-state index contributed by atoms with van der Waals surface area (Å²) in [6.07, 6.45) is 15.0. The molecule has 55 heavy (non-hydrogen) atoms. The molecule has 2 fully saturated rings. The van der Waals surface area contributed by atoms with Gasteiger partial charge in [0.05, 0.1) is 0 Å². The Kier molecular flexibility index (Phi) is 22.4. The van der Waals surface area contributed by atoms with Crippen molar-refractivity contribution in [2.75, 3.05) is 0 Å². The first-order valence-corrected chi connectivity index (χ1v) is 24.4. The third kappa shape index (κ3) is 12.9. The van der Waals surface area contributed by atoms with Crippen LogP contribution in [-0.4, -0.2) is 6.88 Å². The van der Waals surface area contributed by atoms with Gasteiger partial charge in [-0.3, -0.25) is 0 Å². The molecule has 2 radical (unpaired) electrons. The molecule has 2 aliphatic carbocycles. The molecule has 0 unspecified atom stereocenters. The molecule has 0 N–H and O–H groups in total. The summed E-state index contributed by atoms with van der Waals surface area (Å²) in [7, 11) is 0. The van der Waals surface area contributed by atoms with Gasteiger partial charge in [-0.25, -0.2) is 0 Å². The topological polar surface area (TPSA) is 0 Å². The second kappa shape index (κ2) is 25.2. The molecule has 0 aromatic heterocycles. The van der Waals surface area contributed by atoms with E-state index >= 15 is 0 Å². The fourth-order valence-corrected chi connectivity index (χ4v) is 8.58. The van der Waals surface area contributed by atoms with E-state index in [9.17, 15) is 0 Å². The molecule has 0 bridgehead atoms. The van der Waals surface area contributed by atoms with Crippen molar-refractivity contribution in [3.05, 3.63) is 144 Å². The van der Waals surface area contributed by atoms with Crippen LogP contribution in [0.2, 0.25) is 0 Å². The Bertz CT molecular complexity index is 1970. The van der Waals surface area contributed by atoms with Crippen molar-refractivity contribution < 1.29 is 23.3 Å². The minimum atomic E-state index is 0. The summed E-state index contributed by atoms with van der Waals surface area (Å²) in [6.45, 7) is 21.9. The Hall–Kier alpha value is -2.22. The zero-order valence-corrected chi connectivity index (χ0v) is 39.5. The third-order valence-electron chi connectivity index (χ3n) is 11.1. The van der Waals surface area contributed by atoms with E-state index in [1.54, 1.807) is 19.4 Å². The summed E-state index contributed by atoms with van der Waals surface area (Å²) >= 11 is 1.36. The Labute approximate surface area is 364 Å². The Balaban J connectivity index is 0.000000325. The molecule has 0 nitrogen and oxygen atoms in total. The van der Waals surface area contributed by atoms with Crippen LogP contribution in [0, 0.1) is 34.6 Å². The average Bonchev–Trinajstić information content (AvgIpc) is 3.83. The number of halogens is 2. The third-order valence-corrected chi connectivity index (χ3v) is 11.1. The van der Waals surface area contributed by atoms with Crippen molar-refractivity contribution in [2.45, 2.75) is 124 Å². The van der Waals surface area contributed by atoms with E-state index in [-0.39, 0.29) is 24.8 Å². The first kappa shape index (κ1) is 48.9. The molecular formula is C51H64Cl2SiZr-4. The predicted octanol–water partition coefficient (Wildman–Crippen LogP) is 16.2. The van der Waals surface area contributed by atoms with Gasteiger partial charge < -0.3 is 13.8 Å². The van der Waals surface area contributed by atoms with Gasteiger partial charge in [-0.05, 0) is 80.0 Å². The van der Waals surface area contributed by atoms with Crippen LogP contribution >= 0.6 is 24.8 Å². The summed E-state index contributed by atoms with van der Waals surface area (Å²) in [5, 5.41) is 5.55. The van der Waals surface area contributed by atoms with Crippen LogP contribution in [0.1, 0.15) is 130 Å². The van der Waals surface area contributed by atoms with Gasteiger partial charge in [0.1, 0.15) is 0 Å². The van der Waals surface area contributed by atoms with Gasteiger partial charge >= 0.3 is 30.2 Å². The van der Waals surface area contributed by atoms with Gasteiger partial charge in [-0.15, -0.1) is 81.8 Å². The van der Waals surface area contributed by atoms with Crippen molar-refractivity contribution in [2.24, 2.45) is 0 Å². The average molecular weight is 867 g/mol. The second-order valence-corrected chi connectivity index (χ2v) is 14.8. The standard InChI is InChI=1S/C24H27.C23H25.2C2H5.2ClH.Si.Zr/c1-3-18-15-22-13-17(2)14-23(24(22)16-18)21-11-9-20(10-12-21)19-7-5-4-6-8-19;1-16-12-21-13-17(2)15-23(21)22(14-16)20-10-8-19(9-11-20)18-6-4-3-5-7-18;2*1-2;;;;/h9-16,19H,3-8H2,1-2H3;8-15,18H,3-7H2,1-2H3;2*1H2,2H3;2*1H;;/q4*-1;;;;. The van der Waals surface area contributed by atoms with Crippen molar-refractivity contribution in [1.82, 2.24) is 0 Å². The van der Waals surface area contributed by atoms with Crippen LogP contribution < -0.4 is 0 Å². The monoisotopic (exact) mass is 864 g/mol. The molecule has 0 aliphatic heterocycles. The molecule has 4 heteroatoms. The van der Waals surface area contributed by atoms with Gasteiger partial charge in [0.25, 0.3) is 0 Å². The van der Waals surface area contributed by atoms with Gasteiger partial charge in [-0.2, -0.15) is 26.0 Å². The zero-order valence-electron chi connectivity index (χ0n) is 34.4. The van der Waals surface area contributed by atoms with Crippen molar-refractivity contribution in [3.63, 3.8) is 0 Å². The number of hydrogen-bond donors (Lipinski definition) is 0. The van der Waals surface area contributed by atoms with E-state index in [1.807, 2.05) is 0 Å². The van der Waals surface area contributed by atoms with Crippen molar-refractivity contribution >= 4 is 53.2 Å². The van der Waals surface area contributed by atoms with Crippen LogP contribution in [0.15, 0.2) is 97.1 Å². The normalized spacial score (nSPS) is 13.9. The fraction of sp³-hybridized carbons (Fsp3) is 0.373. The van der Waals surface area contributed by atoms with Gasteiger partial charge in [0.15, 0.2) is 0 Å². The van der Waals surface area contributed by atoms with E-state index in [1.165, 1.54) is 159 Å². The van der Waals surface area contributed by atoms with Crippen LogP contribution in [0.5, 0.6) is 0 Å². The number of fused-ring (bicyclic) bond motifs is 2. The molecular weight excluding hydrogens is 803 g/mol. The molecule has 0 spiro atoms. The SMILES string of the molecule is CCc1cc2c(-c3ccc(C4CCCCC4)cc3)cc(C)cc2[cH-]1.Cc1cc(-c2ccc(C3CCCCC3)cc2)c2cc(C)[cH-]c2c1.Cl.Cl.[CH2-]C.[CH2-]C.[Si]=[Zr]. The molecule has 0 heterocycles. The summed E-state index contributed by atoms with van der Waals surface area (Å²) in [4.78, 5) is 0. The van der Waals surface area contributed by atoms with Gasteiger partial charge in [0.2, 0.25) is 0 Å². The summed E-state index contributed by atoms with van der Waals surface area (Å²) in [5.41, 5.74) is 14.0. The quantitative estimate of drug-likeness (QED) is 0.120. The molecule has 294 valence electrons. The second-order valence-electron chi connectivity index (χ2n) is 14.8. The molecule has 0 amide bonds. The fourth-order valence-electron chi connectivity index (χ4n) is 8.58. The number of rotatable bonds is 5. The summed E-state index contributed by atoms with van der Waals surface area (Å²) in [6, 6.07) is 37.5. The number of aryl methyl sites for hydroxylation is 4. The van der Waals surface area contributed by atoms with Crippen molar-refractivity contribution in [1.29, 1.82) is 0 Å². The number of hydrogen-bond acceptors (Lipinski definition) is 0. The molecule has 0 atom stereocenters.